The van der Waals surface area contributed by atoms with Crippen LogP contribution in [0.1, 0.15) is 18.4 Å². The fourth-order valence-electron chi connectivity index (χ4n) is 2.39. The minimum absolute atomic E-state index is 0.452. The first-order chi connectivity index (χ1) is 8.56. The minimum atomic E-state index is 0.452. The number of likely N-dealkylation sites (tertiary alicyclic amines) is 1. The molecule has 100 valence electrons. The molecule has 0 bridgehead atoms. The van der Waals surface area contributed by atoms with E-state index in [4.69, 9.17) is 23.2 Å². The van der Waals surface area contributed by atoms with Gasteiger partial charge in [-0.15, -0.1) is 0 Å². The van der Waals surface area contributed by atoms with E-state index in [2.05, 4.69) is 28.9 Å². The lowest BCUT2D eigenvalue weighted by molar-refractivity contribution is 0.128. The largest absolute Gasteiger partial charge is 0.305 e. The summed E-state index contributed by atoms with van der Waals surface area (Å²) in [5.41, 5.74) is 1.06. The first-order valence-corrected chi connectivity index (χ1v) is 7.00. The molecule has 0 aromatic carbocycles. The van der Waals surface area contributed by atoms with E-state index in [-0.39, 0.29) is 0 Å². The molecule has 1 aromatic rings. The van der Waals surface area contributed by atoms with Gasteiger partial charge in [-0.1, -0.05) is 23.2 Å². The molecule has 1 atom stereocenters. The molecular formula is C13H19Cl2N3. The zero-order valence-electron chi connectivity index (χ0n) is 10.9. The number of aromatic nitrogens is 1. The maximum atomic E-state index is 6.19. The van der Waals surface area contributed by atoms with Gasteiger partial charge in [0.25, 0.3) is 0 Å². The summed E-state index contributed by atoms with van der Waals surface area (Å²) >= 11 is 12.0. The number of pyridine rings is 1. The van der Waals surface area contributed by atoms with E-state index in [0.29, 0.717) is 16.2 Å². The number of halogens is 2. The van der Waals surface area contributed by atoms with Crippen molar-refractivity contribution in [2.24, 2.45) is 0 Å². The Bertz CT molecular complexity index is 409. The maximum Gasteiger partial charge on any atom is 0.130 e. The zero-order valence-corrected chi connectivity index (χ0v) is 12.4. The van der Waals surface area contributed by atoms with E-state index in [1.165, 1.54) is 12.8 Å². The van der Waals surface area contributed by atoms with E-state index in [1.54, 1.807) is 12.3 Å². The van der Waals surface area contributed by atoms with Crippen LogP contribution in [-0.4, -0.2) is 48.0 Å². The topological polar surface area (TPSA) is 19.4 Å². The Morgan fingerprint density at radius 3 is 2.89 bits per heavy atom. The zero-order chi connectivity index (χ0) is 13.1. The number of hydrogen-bond donors (Lipinski definition) is 0. The van der Waals surface area contributed by atoms with Crippen LogP contribution in [0.25, 0.3) is 0 Å². The molecule has 1 unspecified atom stereocenters. The summed E-state index contributed by atoms with van der Waals surface area (Å²) in [4.78, 5) is 8.84. The van der Waals surface area contributed by atoms with Crippen molar-refractivity contribution in [1.29, 1.82) is 0 Å². The Morgan fingerprint density at radius 1 is 1.44 bits per heavy atom. The van der Waals surface area contributed by atoms with Gasteiger partial charge < -0.3 is 4.90 Å². The first-order valence-electron chi connectivity index (χ1n) is 6.25. The molecule has 1 aliphatic heterocycles. The number of rotatable bonds is 3. The van der Waals surface area contributed by atoms with E-state index in [0.717, 1.165) is 25.2 Å². The summed E-state index contributed by atoms with van der Waals surface area (Å²) in [6, 6.07) is 2.35. The average Bonchev–Trinajstić information content (AvgIpc) is 2.33. The number of likely N-dealkylation sites (N-methyl/N-ethyl adjacent to an activating group) is 1. The van der Waals surface area contributed by atoms with E-state index in [1.807, 2.05) is 0 Å². The molecule has 0 aliphatic carbocycles. The molecule has 18 heavy (non-hydrogen) atoms. The van der Waals surface area contributed by atoms with Crippen molar-refractivity contribution in [3.8, 4) is 0 Å². The summed E-state index contributed by atoms with van der Waals surface area (Å²) < 4.78 is 0. The van der Waals surface area contributed by atoms with Gasteiger partial charge in [-0.2, -0.15) is 0 Å². The lowest BCUT2D eigenvalue weighted by Crippen LogP contribution is -2.44. The van der Waals surface area contributed by atoms with Crippen LogP contribution >= 0.6 is 23.2 Å². The molecule has 3 nitrogen and oxygen atoms in total. The fourth-order valence-corrected chi connectivity index (χ4v) is 2.81. The molecule has 1 saturated heterocycles. The van der Waals surface area contributed by atoms with Crippen molar-refractivity contribution < 1.29 is 0 Å². The Labute approximate surface area is 119 Å². The highest BCUT2D eigenvalue weighted by molar-refractivity contribution is 6.34. The molecule has 2 heterocycles. The molecule has 0 spiro atoms. The third-order valence-corrected chi connectivity index (χ3v) is 4.06. The normalized spacial score (nSPS) is 21.5. The van der Waals surface area contributed by atoms with Gasteiger partial charge in [0.15, 0.2) is 0 Å². The van der Waals surface area contributed by atoms with Crippen LogP contribution in [0, 0.1) is 0 Å². The quantitative estimate of drug-likeness (QED) is 0.797. The molecule has 1 aromatic heterocycles. The van der Waals surface area contributed by atoms with Gasteiger partial charge in [-0.25, -0.2) is 4.98 Å². The van der Waals surface area contributed by atoms with Gasteiger partial charge in [-0.05, 0) is 39.5 Å². The standard InChI is InChI=1S/C13H19Cl2N3/c1-17(2)11-4-3-5-18(9-11)8-10-7-16-13(15)6-12(10)14/h6-7,11H,3-5,8-9H2,1-2H3. The number of nitrogens with zero attached hydrogens (tertiary/aromatic N) is 3. The van der Waals surface area contributed by atoms with E-state index >= 15 is 0 Å². The second kappa shape index (κ2) is 6.20. The third kappa shape index (κ3) is 3.58. The third-order valence-electron chi connectivity index (χ3n) is 3.50. The summed E-state index contributed by atoms with van der Waals surface area (Å²) in [5.74, 6) is 0. The number of piperidine rings is 1. The molecule has 2 rings (SSSR count). The Kier molecular flexibility index (Phi) is 4.84. The summed E-state index contributed by atoms with van der Waals surface area (Å²) in [6.45, 7) is 3.07. The molecular weight excluding hydrogens is 269 g/mol. The van der Waals surface area contributed by atoms with Gasteiger partial charge >= 0.3 is 0 Å². The Hall–Kier alpha value is -0.350. The highest BCUT2D eigenvalue weighted by Crippen LogP contribution is 2.22. The predicted octanol–water partition coefficient (Wildman–Crippen LogP) is 2.91. The van der Waals surface area contributed by atoms with Gasteiger partial charge in [-0.3, -0.25) is 4.90 Å². The monoisotopic (exact) mass is 287 g/mol. The SMILES string of the molecule is CN(C)C1CCCN(Cc2cnc(Cl)cc2Cl)C1. The van der Waals surface area contributed by atoms with Crippen LogP contribution in [-0.2, 0) is 6.54 Å². The van der Waals surface area contributed by atoms with Gasteiger partial charge in [0.05, 0.1) is 0 Å². The van der Waals surface area contributed by atoms with Crippen LogP contribution in [0.3, 0.4) is 0 Å². The second-order valence-electron chi connectivity index (χ2n) is 5.09. The van der Waals surface area contributed by atoms with Crippen molar-refractivity contribution in [3.63, 3.8) is 0 Å². The number of hydrogen-bond acceptors (Lipinski definition) is 3. The smallest absolute Gasteiger partial charge is 0.130 e. The fraction of sp³-hybridized carbons (Fsp3) is 0.615. The van der Waals surface area contributed by atoms with Crippen molar-refractivity contribution >= 4 is 23.2 Å². The Morgan fingerprint density at radius 2 is 2.22 bits per heavy atom. The maximum absolute atomic E-state index is 6.19. The van der Waals surface area contributed by atoms with E-state index < -0.39 is 0 Å². The van der Waals surface area contributed by atoms with Gasteiger partial charge in [0.1, 0.15) is 5.15 Å². The molecule has 0 amide bonds. The molecule has 1 aliphatic rings. The van der Waals surface area contributed by atoms with Crippen LogP contribution in [0.4, 0.5) is 0 Å². The molecule has 0 N–H and O–H groups in total. The van der Waals surface area contributed by atoms with Crippen LogP contribution in [0.5, 0.6) is 0 Å². The van der Waals surface area contributed by atoms with E-state index in [9.17, 15) is 0 Å². The lowest BCUT2D eigenvalue weighted by atomic mass is 10.0. The molecule has 0 radical (unpaired) electrons. The minimum Gasteiger partial charge on any atom is -0.305 e. The van der Waals surface area contributed by atoms with Crippen LogP contribution in [0.15, 0.2) is 12.3 Å². The average molecular weight is 288 g/mol. The van der Waals surface area contributed by atoms with Crippen molar-refractivity contribution in [2.75, 3.05) is 27.2 Å². The summed E-state index contributed by atoms with van der Waals surface area (Å²) in [5, 5.41) is 1.16. The lowest BCUT2D eigenvalue weighted by Gasteiger charge is -2.36. The molecule has 0 saturated carbocycles. The highest BCUT2D eigenvalue weighted by atomic mass is 35.5. The van der Waals surface area contributed by atoms with Gasteiger partial charge in [0, 0.05) is 35.9 Å². The van der Waals surface area contributed by atoms with Crippen molar-refractivity contribution in [2.45, 2.75) is 25.4 Å². The Balaban J connectivity index is 2.00. The van der Waals surface area contributed by atoms with Crippen molar-refractivity contribution in [3.05, 3.63) is 28.0 Å². The van der Waals surface area contributed by atoms with Crippen LogP contribution < -0.4 is 0 Å². The molecule has 5 heteroatoms. The van der Waals surface area contributed by atoms with Crippen molar-refractivity contribution in [1.82, 2.24) is 14.8 Å². The van der Waals surface area contributed by atoms with Crippen LogP contribution in [0.2, 0.25) is 10.2 Å². The van der Waals surface area contributed by atoms with Gasteiger partial charge in [0.2, 0.25) is 0 Å². The molecule has 1 fully saturated rings. The summed E-state index contributed by atoms with van der Waals surface area (Å²) in [7, 11) is 4.29. The summed E-state index contributed by atoms with van der Waals surface area (Å²) in [6.07, 6.45) is 4.29. The highest BCUT2D eigenvalue weighted by Gasteiger charge is 2.21. The predicted molar refractivity (Wildman–Crippen MR) is 76.2 cm³/mol. The first kappa shape index (κ1) is 14.1. The second-order valence-corrected chi connectivity index (χ2v) is 5.89.